The first kappa shape index (κ1) is 12.6. The molecule has 0 amide bonds. The van der Waals surface area contributed by atoms with Gasteiger partial charge >= 0.3 is 11.6 Å². The molecule has 2 heterocycles. The number of thiazole rings is 1. The van der Waals surface area contributed by atoms with Gasteiger partial charge < -0.3 is 9.15 Å². The number of carbonyl (C=O) groups is 1. The molecule has 0 bridgehead atoms. The lowest BCUT2D eigenvalue weighted by molar-refractivity contribution is 0.0468. The molecular weight excluding hydrogens is 278 g/mol. The molecule has 3 rings (SSSR count). The summed E-state index contributed by atoms with van der Waals surface area (Å²) in [5.41, 5.74) is -0.373. The summed E-state index contributed by atoms with van der Waals surface area (Å²) in [5.74, 6) is -0.709. The van der Waals surface area contributed by atoms with Gasteiger partial charge in [0.1, 0.15) is 22.8 Å². The second-order valence-corrected chi connectivity index (χ2v) is 4.97. The van der Waals surface area contributed by atoms with Gasteiger partial charge in [0.05, 0.1) is 0 Å². The normalized spacial score (nSPS) is 10.6. The highest BCUT2D eigenvalue weighted by Crippen LogP contribution is 2.14. The van der Waals surface area contributed by atoms with Crippen molar-refractivity contribution in [2.75, 3.05) is 0 Å². The minimum Gasteiger partial charge on any atom is -0.454 e. The van der Waals surface area contributed by atoms with Gasteiger partial charge in [-0.1, -0.05) is 18.2 Å². The highest BCUT2D eigenvalue weighted by atomic mass is 32.1. The number of rotatable bonds is 3. The van der Waals surface area contributed by atoms with Crippen LogP contribution in [0, 0.1) is 0 Å². The molecule has 0 saturated carbocycles. The number of aromatic nitrogens is 1. The van der Waals surface area contributed by atoms with E-state index < -0.39 is 11.6 Å². The van der Waals surface area contributed by atoms with Gasteiger partial charge in [-0.05, 0) is 12.1 Å². The summed E-state index contributed by atoms with van der Waals surface area (Å²) in [6, 6.07) is 8.46. The minimum absolute atomic E-state index is 0.0444. The Balaban J connectivity index is 1.87. The average molecular weight is 287 g/mol. The van der Waals surface area contributed by atoms with Gasteiger partial charge in [0.25, 0.3) is 0 Å². The Hall–Kier alpha value is -2.47. The molecule has 2 aromatic heterocycles. The zero-order valence-corrected chi connectivity index (χ0v) is 11.1. The number of benzene rings is 1. The monoisotopic (exact) mass is 287 g/mol. The van der Waals surface area contributed by atoms with Gasteiger partial charge in [0, 0.05) is 17.0 Å². The first-order valence-electron chi connectivity index (χ1n) is 5.82. The van der Waals surface area contributed by atoms with E-state index in [4.69, 9.17) is 9.15 Å². The first-order valence-corrected chi connectivity index (χ1v) is 6.70. The highest BCUT2D eigenvalue weighted by Gasteiger charge is 2.15. The van der Waals surface area contributed by atoms with Crippen molar-refractivity contribution in [1.29, 1.82) is 0 Å². The Morgan fingerprint density at radius 3 is 3.00 bits per heavy atom. The largest absolute Gasteiger partial charge is 0.454 e. The molecule has 100 valence electrons. The maximum atomic E-state index is 11.9. The second kappa shape index (κ2) is 5.26. The Morgan fingerprint density at radius 2 is 2.20 bits per heavy atom. The first-order chi connectivity index (χ1) is 9.74. The summed E-state index contributed by atoms with van der Waals surface area (Å²) in [5, 5.41) is 3.13. The highest BCUT2D eigenvalue weighted by molar-refractivity contribution is 7.09. The maximum Gasteiger partial charge on any atom is 0.351 e. The van der Waals surface area contributed by atoms with Crippen molar-refractivity contribution in [2.24, 2.45) is 0 Å². The number of esters is 1. The number of hydrogen-bond donors (Lipinski definition) is 0. The van der Waals surface area contributed by atoms with Crippen molar-refractivity contribution in [2.45, 2.75) is 6.61 Å². The lowest BCUT2D eigenvalue weighted by atomic mass is 10.2. The molecule has 1 aromatic carbocycles. The molecule has 6 heteroatoms. The zero-order chi connectivity index (χ0) is 13.9. The van der Waals surface area contributed by atoms with Gasteiger partial charge in [-0.15, -0.1) is 11.3 Å². The predicted molar refractivity (Wildman–Crippen MR) is 73.7 cm³/mol. The van der Waals surface area contributed by atoms with Crippen molar-refractivity contribution >= 4 is 28.3 Å². The van der Waals surface area contributed by atoms with Crippen molar-refractivity contribution in [3.8, 4) is 0 Å². The predicted octanol–water partition coefficient (Wildman–Crippen LogP) is 2.61. The van der Waals surface area contributed by atoms with Gasteiger partial charge in [-0.2, -0.15) is 0 Å². The average Bonchev–Trinajstić information content (AvgIpc) is 2.97. The molecule has 0 radical (unpaired) electrons. The Morgan fingerprint density at radius 1 is 1.35 bits per heavy atom. The number of ether oxygens (including phenoxy) is 1. The van der Waals surface area contributed by atoms with Gasteiger partial charge in [-0.25, -0.2) is 14.6 Å². The molecule has 0 aliphatic heterocycles. The molecule has 5 nitrogen and oxygen atoms in total. The van der Waals surface area contributed by atoms with Crippen LogP contribution in [0.4, 0.5) is 0 Å². The van der Waals surface area contributed by atoms with Crippen LogP contribution in [0.5, 0.6) is 0 Å². The molecule has 0 spiro atoms. The fourth-order valence-corrected chi connectivity index (χ4v) is 2.26. The third-order valence-electron chi connectivity index (χ3n) is 2.67. The standard InChI is InChI=1S/C14H9NO4S/c16-13(18-8-12-15-5-6-20-12)10-7-9-3-1-2-4-11(9)19-14(10)17/h1-7H,8H2. The van der Waals surface area contributed by atoms with E-state index in [9.17, 15) is 9.59 Å². The Labute approximate surface area is 117 Å². The molecule has 0 atom stereocenters. The van der Waals surface area contributed by atoms with Gasteiger partial charge in [-0.3, -0.25) is 0 Å². The number of para-hydroxylation sites is 1. The van der Waals surface area contributed by atoms with Crippen molar-refractivity contribution in [3.05, 3.63) is 62.9 Å². The summed E-state index contributed by atoms with van der Waals surface area (Å²) in [7, 11) is 0. The Bertz CT molecular complexity index is 807. The number of carbonyl (C=O) groups excluding carboxylic acids is 1. The van der Waals surface area contributed by atoms with Gasteiger partial charge in [0.2, 0.25) is 0 Å². The third kappa shape index (κ3) is 2.46. The second-order valence-electron chi connectivity index (χ2n) is 3.99. The van der Waals surface area contributed by atoms with E-state index in [1.807, 2.05) is 0 Å². The van der Waals surface area contributed by atoms with Crippen LogP contribution in [-0.2, 0) is 11.3 Å². The van der Waals surface area contributed by atoms with Crippen LogP contribution in [-0.4, -0.2) is 11.0 Å². The quantitative estimate of drug-likeness (QED) is 0.547. The fourth-order valence-electron chi connectivity index (χ4n) is 1.73. The molecule has 0 fully saturated rings. The summed E-state index contributed by atoms with van der Waals surface area (Å²) < 4.78 is 10.1. The van der Waals surface area contributed by atoms with Crippen LogP contribution in [0.1, 0.15) is 15.4 Å². The van der Waals surface area contributed by atoms with E-state index in [2.05, 4.69) is 4.98 Å². The van der Waals surface area contributed by atoms with E-state index in [1.165, 1.54) is 17.4 Å². The maximum absolute atomic E-state index is 11.9. The fraction of sp³-hybridized carbons (Fsp3) is 0.0714. The summed E-state index contributed by atoms with van der Waals surface area (Å²) in [6.45, 7) is 0.0444. The van der Waals surface area contributed by atoms with E-state index in [1.54, 1.807) is 35.8 Å². The SMILES string of the molecule is O=C(OCc1nccs1)c1cc2ccccc2oc1=O. The zero-order valence-electron chi connectivity index (χ0n) is 10.2. The molecule has 3 aromatic rings. The van der Waals surface area contributed by atoms with Crippen LogP contribution in [0.25, 0.3) is 11.0 Å². The van der Waals surface area contributed by atoms with E-state index in [0.29, 0.717) is 16.0 Å². The topological polar surface area (TPSA) is 69.4 Å². The van der Waals surface area contributed by atoms with E-state index in [-0.39, 0.29) is 12.2 Å². The molecule has 0 unspecified atom stereocenters. The van der Waals surface area contributed by atoms with Crippen molar-refractivity contribution in [3.63, 3.8) is 0 Å². The lowest BCUT2D eigenvalue weighted by Crippen LogP contribution is -2.16. The van der Waals surface area contributed by atoms with Crippen LogP contribution >= 0.6 is 11.3 Å². The third-order valence-corrected chi connectivity index (χ3v) is 3.42. The molecular formula is C14H9NO4S. The smallest absolute Gasteiger partial charge is 0.351 e. The van der Waals surface area contributed by atoms with Crippen molar-refractivity contribution < 1.29 is 13.9 Å². The van der Waals surface area contributed by atoms with Crippen LogP contribution in [0.15, 0.2) is 51.1 Å². The van der Waals surface area contributed by atoms with Gasteiger partial charge in [0.15, 0.2) is 0 Å². The van der Waals surface area contributed by atoms with Crippen LogP contribution in [0.3, 0.4) is 0 Å². The van der Waals surface area contributed by atoms with Crippen LogP contribution < -0.4 is 5.63 Å². The summed E-state index contributed by atoms with van der Waals surface area (Å²) in [4.78, 5) is 27.6. The van der Waals surface area contributed by atoms with Crippen LogP contribution in [0.2, 0.25) is 0 Å². The number of fused-ring (bicyclic) bond motifs is 1. The van der Waals surface area contributed by atoms with E-state index in [0.717, 1.165) is 0 Å². The molecule has 20 heavy (non-hydrogen) atoms. The lowest BCUT2D eigenvalue weighted by Gasteiger charge is -2.02. The minimum atomic E-state index is -0.709. The Kier molecular flexibility index (Phi) is 3.30. The number of nitrogens with zero attached hydrogens (tertiary/aromatic N) is 1. The van der Waals surface area contributed by atoms with E-state index >= 15 is 0 Å². The molecule has 0 aliphatic rings. The molecule has 0 N–H and O–H groups in total. The molecule has 0 aliphatic carbocycles. The van der Waals surface area contributed by atoms with Crippen molar-refractivity contribution in [1.82, 2.24) is 4.98 Å². The summed E-state index contributed by atoms with van der Waals surface area (Å²) in [6.07, 6.45) is 1.62. The number of hydrogen-bond acceptors (Lipinski definition) is 6. The molecule has 0 saturated heterocycles. The summed E-state index contributed by atoms with van der Waals surface area (Å²) >= 11 is 1.38.